The lowest BCUT2D eigenvalue weighted by Gasteiger charge is -2.39. The van der Waals surface area contributed by atoms with Gasteiger partial charge in [0.2, 0.25) is 0 Å². The molecule has 1 saturated heterocycles. The van der Waals surface area contributed by atoms with Crippen LogP contribution in [0.15, 0.2) is 54.6 Å². The van der Waals surface area contributed by atoms with Gasteiger partial charge in [0, 0.05) is 4.75 Å². The normalized spacial score (nSPS) is 23.6. The average molecular weight is 309 g/mol. The third-order valence-corrected chi connectivity index (χ3v) is 7.13. The number of hydrogen-bond acceptors (Lipinski definition) is 2. The minimum absolute atomic E-state index is 0.336. The van der Waals surface area contributed by atoms with Gasteiger partial charge >= 0.3 is 0 Å². The van der Waals surface area contributed by atoms with Crippen LogP contribution in [0.4, 0.5) is 0 Å². The Kier molecular flexibility index (Phi) is 3.75. The number of benzene rings is 2. The summed E-state index contributed by atoms with van der Waals surface area (Å²) in [5.74, 6) is 0. The molecule has 2 aromatic carbocycles. The van der Waals surface area contributed by atoms with Gasteiger partial charge in [-0.3, -0.25) is 0 Å². The van der Waals surface area contributed by atoms with Crippen LogP contribution in [0.2, 0.25) is 0 Å². The number of piperidine rings is 1. The summed E-state index contributed by atoms with van der Waals surface area (Å²) in [6.07, 6.45) is 2.57. The summed E-state index contributed by atoms with van der Waals surface area (Å²) < 4.78 is 0.336. The van der Waals surface area contributed by atoms with Crippen molar-refractivity contribution in [2.24, 2.45) is 0 Å². The Labute approximate surface area is 137 Å². The Morgan fingerprint density at radius 1 is 1.00 bits per heavy atom. The Morgan fingerprint density at radius 2 is 1.68 bits per heavy atom. The van der Waals surface area contributed by atoms with Gasteiger partial charge in [-0.15, -0.1) is 11.8 Å². The Bertz CT molecular complexity index is 644. The first-order valence-corrected chi connectivity index (χ1v) is 9.25. The van der Waals surface area contributed by atoms with E-state index in [1.165, 1.54) is 38.0 Å². The van der Waals surface area contributed by atoms with Crippen LogP contribution in [-0.2, 0) is 4.75 Å². The summed E-state index contributed by atoms with van der Waals surface area (Å²) in [5, 5.41) is 0.505. The second kappa shape index (κ2) is 5.75. The second-order valence-electron chi connectivity index (χ2n) is 6.42. The minimum Gasteiger partial charge on any atom is -0.303 e. The SMILES string of the molecule is CCN1CCC2(CC1)SC(c1ccccc1)c1ccccc12. The van der Waals surface area contributed by atoms with E-state index in [1.807, 2.05) is 0 Å². The monoisotopic (exact) mass is 309 g/mol. The van der Waals surface area contributed by atoms with Gasteiger partial charge in [0.15, 0.2) is 0 Å². The third kappa shape index (κ3) is 2.29. The molecule has 2 heterocycles. The summed E-state index contributed by atoms with van der Waals surface area (Å²) >= 11 is 2.20. The van der Waals surface area contributed by atoms with Crippen LogP contribution in [-0.4, -0.2) is 24.5 Å². The maximum Gasteiger partial charge on any atom is 0.0558 e. The highest BCUT2D eigenvalue weighted by atomic mass is 32.2. The van der Waals surface area contributed by atoms with Crippen LogP contribution in [0.1, 0.15) is 41.7 Å². The quantitative estimate of drug-likeness (QED) is 0.781. The van der Waals surface area contributed by atoms with Crippen LogP contribution in [0.5, 0.6) is 0 Å². The largest absolute Gasteiger partial charge is 0.303 e. The van der Waals surface area contributed by atoms with E-state index in [4.69, 9.17) is 0 Å². The van der Waals surface area contributed by atoms with Gasteiger partial charge in [0.1, 0.15) is 0 Å². The molecule has 2 aliphatic rings. The molecule has 0 amide bonds. The third-order valence-electron chi connectivity index (χ3n) is 5.29. The van der Waals surface area contributed by atoms with Crippen molar-refractivity contribution in [3.63, 3.8) is 0 Å². The van der Waals surface area contributed by atoms with Crippen molar-refractivity contribution in [3.05, 3.63) is 71.3 Å². The van der Waals surface area contributed by atoms with E-state index >= 15 is 0 Å². The molecule has 0 aliphatic carbocycles. The summed E-state index contributed by atoms with van der Waals surface area (Å²) in [6.45, 7) is 5.93. The van der Waals surface area contributed by atoms with E-state index in [-0.39, 0.29) is 0 Å². The minimum atomic E-state index is 0.336. The van der Waals surface area contributed by atoms with E-state index in [1.54, 1.807) is 11.1 Å². The lowest BCUT2D eigenvalue weighted by Crippen LogP contribution is -2.39. The van der Waals surface area contributed by atoms with Gasteiger partial charge in [0.25, 0.3) is 0 Å². The molecule has 1 fully saturated rings. The molecule has 0 radical (unpaired) electrons. The molecule has 2 heteroatoms. The fraction of sp³-hybridized carbons (Fsp3) is 0.400. The molecule has 2 aromatic rings. The van der Waals surface area contributed by atoms with E-state index in [2.05, 4.69) is 78.2 Å². The number of likely N-dealkylation sites (tertiary alicyclic amines) is 1. The first kappa shape index (κ1) is 14.3. The molecule has 1 nitrogen and oxygen atoms in total. The van der Waals surface area contributed by atoms with Crippen LogP contribution in [0.25, 0.3) is 0 Å². The fourth-order valence-electron chi connectivity index (χ4n) is 3.99. The molecule has 1 atom stereocenters. The zero-order valence-corrected chi connectivity index (χ0v) is 14.0. The maximum atomic E-state index is 2.59. The van der Waals surface area contributed by atoms with E-state index < -0.39 is 0 Å². The number of fused-ring (bicyclic) bond motifs is 2. The molecule has 0 aromatic heterocycles. The number of nitrogens with zero attached hydrogens (tertiary/aromatic N) is 1. The molecule has 0 saturated carbocycles. The van der Waals surface area contributed by atoms with Gasteiger partial charge in [-0.05, 0) is 49.2 Å². The number of thioether (sulfide) groups is 1. The number of rotatable bonds is 2. The standard InChI is InChI=1S/C20H23NS/c1-2-21-14-12-20(13-15-21)18-11-7-6-10-17(18)19(22-20)16-8-4-3-5-9-16/h3-11,19H,2,12-15H2,1H3. The van der Waals surface area contributed by atoms with Crippen molar-refractivity contribution >= 4 is 11.8 Å². The van der Waals surface area contributed by atoms with Crippen molar-refractivity contribution in [1.82, 2.24) is 4.90 Å². The zero-order chi connectivity index (χ0) is 15.0. The summed E-state index contributed by atoms with van der Waals surface area (Å²) in [6, 6.07) is 20.2. The highest BCUT2D eigenvalue weighted by Crippen LogP contribution is 2.61. The van der Waals surface area contributed by atoms with Gasteiger partial charge in [0.05, 0.1) is 5.25 Å². The average Bonchev–Trinajstić information content (AvgIpc) is 2.91. The van der Waals surface area contributed by atoms with Crippen molar-refractivity contribution in [3.8, 4) is 0 Å². The predicted octanol–water partition coefficient (Wildman–Crippen LogP) is 4.83. The molecule has 1 unspecified atom stereocenters. The van der Waals surface area contributed by atoms with Gasteiger partial charge < -0.3 is 4.90 Å². The first-order chi connectivity index (χ1) is 10.8. The summed E-state index contributed by atoms with van der Waals surface area (Å²) in [4.78, 5) is 2.59. The second-order valence-corrected chi connectivity index (χ2v) is 7.91. The zero-order valence-electron chi connectivity index (χ0n) is 13.2. The summed E-state index contributed by atoms with van der Waals surface area (Å²) in [5.41, 5.74) is 4.60. The lowest BCUT2D eigenvalue weighted by molar-refractivity contribution is 0.210. The molecule has 2 aliphatic heterocycles. The molecule has 1 spiro atoms. The topological polar surface area (TPSA) is 3.24 Å². The molecule has 114 valence electrons. The first-order valence-electron chi connectivity index (χ1n) is 8.37. The van der Waals surface area contributed by atoms with Crippen molar-refractivity contribution in [1.29, 1.82) is 0 Å². The van der Waals surface area contributed by atoms with Gasteiger partial charge in [-0.2, -0.15) is 0 Å². The maximum absolute atomic E-state index is 2.59. The molecular formula is C20H23NS. The van der Waals surface area contributed by atoms with Crippen LogP contribution in [0.3, 0.4) is 0 Å². The van der Waals surface area contributed by atoms with Crippen molar-refractivity contribution < 1.29 is 0 Å². The highest BCUT2D eigenvalue weighted by molar-refractivity contribution is 8.01. The molecule has 4 rings (SSSR count). The van der Waals surface area contributed by atoms with Crippen LogP contribution in [0, 0.1) is 0 Å². The molecule has 22 heavy (non-hydrogen) atoms. The smallest absolute Gasteiger partial charge is 0.0558 e. The molecule has 0 bridgehead atoms. The highest BCUT2D eigenvalue weighted by Gasteiger charge is 2.46. The van der Waals surface area contributed by atoms with E-state index in [0.717, 1.165) is 0 Å². The van der Waals surface area contributed by atoms with Gasteiger partial charge in [-0.1, -0.05) is 61.5 Å². The lowest BCUT2D eigenvalue weighted by atomic mass is 9.84. The van der Waals surface area contributed by atoms with Crippen molar-refractivity contribution in [2.75, 3.05) is 19.6 Å². The molecular weight excluding hydrogens is 286 g/mol. The predicted molar refractivity (Wildman–Crippen MR) is 95.3 cm³/mol. The van der Waals surface area contributed by atoms with Gasteiger partial charge in [-0.25, -0.2) is 0 Å². The van der Waals surface area contributed by atoms with E-state index in [9.17, 15) is 0 Å². The number of hydrogen-bond donors (Lipinski definition) is 0. The van der Waals surface area contributed by atoms with E-state index in [0.29, 0.717) is 10.00 Å². The van der Waals surface area contributed by atoms with Crippen molar-refractivity contribution in [2.45, 2.75) is 29.8 Å². The Balaban J connectivity index is 1.72. The summed E-state index contributed by atoms with van der Waals surface area (Å²) in [7, 11) is 0. The fourth-order valence-corrected chi connectivity index (χ4v) is 5.79. The Morgan fingerprint density at radius 3 is 2.41 bits per heavy atom. The van der Waals surface area contributed by atoms with Crippen LogP contribution >= 0.6 is 11.8 Å². The Hall–Kier alpha value is -1.25. The molecule has 0 N–H and O–H groups in total. The van der Waals surface area contributed by atoms with Crippen LogP contribution < -0.4 is 0 Å².